The van der Waals surface area contributed by atoms with Gasteiger partial charge in [0, 0.05) is 26.2 Å². The number of hydrogen-bond acceptors (Lipinski definition) is 4. The minimum atomic E-state index is -0.276. The Morgan fingerprint density at radius 1 is 1.05 bits per heavy atom. The summed E-state index contributed by atoms with van der Waals surface area (Å²) >= 11 is 0. The Labute approximate surface area is 126 Å². The van der Waals surface area contributed by atoms with E-state index >= 15 is 0 Å². The van der Waals surface area contributed by atoms with Gasteiger partial charge in [0.1, 0.15) is 0 Å². The van der Waals surface area contributed by atoms with E-state index in [0.29, 0.717) is 6.54 Å². The van der Waals surface area contributed by atoms with E-state index in [0.717, 1.165) is 31.0 Å². The summed E-state index contributed by atoms with van der Waals surface area (Å²) in [7, 11) is 1.44. The van der Waals surface area contributed by atoms with Gasteiger partial charge in [0.05, 0.1) is 18.5 Å². The van der Waals surface area contributed by atoms with Crippen LogP contribution < -0.4 is 9.80 Å². The lowest BCUT2D eigenvalue weighted by molar-refractivity contribution is 0.178. The first kappa shape index (κ1) is 14.2. The number of para-hydroxylation sites is 2. The standard InChI is InChI=1S/C16H23N3O2/c1-21-16(20)19-13-12-18(11-10-17-8-4-5-9-17)14-6-2-3-7-15(14)19/h2-3,6-7H,4-5,8-13H2,1H3. The van der Waals surface area contributed by atoms with E-state index in [-0.39, 0.29) is 6.09 Å². The lowest BCUT2D eigenvalue weighted by Crippen LogP contribution is -2.46. The second kappa shape index (κ2) is 6.35. The van der Waals surface area contributed by atoms with E-state index in [1.807, 2.05) is 18.2 Å². The lowest BCUT2D eigenvalue weighted by atomic mass is 10.1. The van der Waals surface area contributed by atoms with Gasteiger partial charge in [-0.2, -0.15) is 0 Å². The lowest BCUT2D eigenvalue weighted by Gasteiger charge is -2.37. The van der Waals surface area contributed by atoms with Crippen molar-refractivity contribution in [2.24, 2.45) is 0 Å². The van der Waals surface area contributed by atoms with Gasteiger partial charge in [0.25, 0.3) is 0 Å². The molecule has 0 radical (unpaired) electrons. The largest absolute Gasteiger partial charge is 0.452 e. The smallest absolute Gasteiger partial charge is 0.414 e. The first-order valence-corrected chi connectivity index (χ1v) is 7.71. The number of amides is 1. The van der Waals surface area contributed by atoms with Gasteiger partial charge in [-0.25, -0.2) is 4.79 Å². The Kier molecular flexibility index (Phi) is 4.29. The monoisotopic (exact) mass is 289 g/mol. The average molecular weight is 289 g/mol. The highest BCUT2D eigenvalue weighted by Crippen LogP contribution is 2.33. The summed E-state index contributed by atoms with van der Waals surface area (Å²) in [5, 5.41) is 0. The summed E-state index contributed by atoms with van der Waals surface area (Å²) in [6, 6.07) is 8.09. The van der Waals surface area contributed by atoms with E-state index in [9.17, 15) is 4.79 Å². The van der Waals surface area contributed by atoms with Gasteiger partial charge in [-0.3, -0.25) is 4.90 Å². The third kappa shape index (κ3) is 2.97. The maximum absolute atomic E-state index is 11.9. The summed E-state index contributed by atoms with van der Waals surface area (Å²) in [5.41, 5.74) is 2.09. The molecule has 1 aromatic carbocycles. The number of carbonyl (C=O) groups is 1. The van der Waals surface area contributed by atoms with Gasteiger partial charge in [-0.15, -0.1) is 0 Å². The summed E-state index contributed by atoms with van der Waals surface area (Å²) < 4.78 is 4.88. The number of hydrogen-bond donors (Lipinski definition) is 0. The third-order valence-electron chi connectivity index (χ3n) is 4.39. The molecule has 0 bridgehead atoms. The number of rotatable bonds is 3. The molecule has 21 heavy (non-hydrogen) atoms. The second-order valence-electron chi connectivity index (χ2n) is 5.65. The number of fused-ring (bicyclic) bond motifs is 1. The van der Waals surface area contributed by atoms with Crippen molar-refractivity contribution < 1.29 is 9.53 Å². The average Bonchev–Trinajstić information content (AvgIpc) is 3.05. The zero-order valence-electron chi connectivity index (χ0n) is 12.6. The number of methoxy groups -OCH3 is 1. The van der Waals surface area contributed by atoms with E-state index in [1.54, 1.807) is 4.90 Å². The number of ether oxygens (including phenoxy) is 1. The minimum Gasteiger partial charge on any atom is -0.452 e. The summed E-state index contributed by atoms with van der Waals surface area (Å²) in [6.07, 6.45) is 2.38. The molecule has 0 spiro atoms. The van der Waals surface area contributed by atoms with E-state index in [2.05, 4.69) is 15.9 Å². The van der Waals surface area contributed by atoms with E-state index < -0.39 is 0 Å². The molecule has 5 heteroatoms. The molecule has 0 saturated carbocycles. The summed E-state index contributed by atoms with van der Waals surface area (Å²) in [6.45, 7) is 6.12. The molecular formula is C16H23N3O2. The zero-order chi connectivity index (χ0) is 14.7. The molecule has 1 saturated heterocycles. The molecule has 0 N–H and O–H groups in total. The fraction of sp³-hybridized carbons (Fsp3) is 0.562. The molecule has 1 amide bonds. The van der Waals surface area contributed by atoms with Crippen LogP contribution in [0.2, 0.25) is 0 Å². The number of carbonyl (C=O) groups excluding carboxylic acids is 1. The Balaban J connectivity index is 1.72. The molecule has 2 aliphatic rings. The third-order valence-corrected chi connectivity index (χ3v) is 4.39. The van der Waals surface area contributed by atoms with Crippen LogP contribution in [-0.2, 0) is 4.74 Å². The van der Waals surface area contributed by atoms with Crippen LogP contribution in [0.4, 0.5) is 16.2 Å². The van der Waals surface area contributed by atoms with Crippen molar-refractivity contribution in [1.29, 1.82) is 0 Å². The predicted molar refractivity (Wildman–Crippen MR) is 84.1 cm³/mol. The highest BCUT2D eigenvalue weighted by Gasteiger charge is 2.27. The van der Waals surface area contributed by atoms with Crippen LogP contribution >= 0.6 is 0 Å². The van der Waals surface area contributed by atoms with Crippen molar-refractivity contribution in [3.63, 3.8) is 0 Å². The highest BCUT2D eigenvalue weighted by molar-refractivity contribution is 5.93. The first-order chi connectivity index (χ1) is 10.3. The molecule has 114 valence electrons. The Morgan fingerprint density at radius 3 is 2.48 bits per heavy atom. The number of benzene rings is 1. The summed E-state index contributed by atoms with van der Waals surface area (Å²) in [4.78, 5) is 18.5. The molecule has 1 fully saturated rings. The van der Waals surface area contributed by atoms with Gasteiger partial charge < -0.3 is 14.5 Å². The SMILES string of the molecule is COC(=O)N1CCN(CCN2CCCC2)c2ccccc21. The Hall–Kier alpha value is -1.75. The van der Waals surface area contributed by atoms with Crippen LogP contribution in [0.1, 0.15) is 12.8 Å². The molecular weight excluding hydrogens is 266 g/mol. The number of anilines is 2. The molecule has 0 aliphatic carbocycles. The van der Waals surface area contributed by atoms with Crippen LogP contribution in [0.3, 0.4) is 0 Å². The van der Waals surface area contributed by atoms with Crippen LogP contribution in [0.15, 0.2) is 24.3 Å². The van der Waals surface area contributed by atoms with Crippen LogP contribution in [0.5, 0.6) is 0 Å². The predicted octanol–water partition coefficient (Wildman–Crippen LogP) is 2.18. The zero-order valence-corrected chi connectivity index (χ0v) is 12.6. The maximum Gasteiger partial charge on any atom is 0.414 e. The summed E-state index contributed by atoms with van der Waals surface area (Å²) in [5.74, 6) is 0. The fourth-order valence-corrected chi connectivity index (χ4v) is 3.22. The first-order valence-electron chi connectivity index (χ1n) is 7.71. The van der Waals surface area contributed by atoms with Gasteiger partial charge in [0.15, 0.2) is 0 Å². The number of likely N-dealkylation sites (tertiary alicyclic amines) is 1. The van der Waals surface area contributed by atoms with Crippen LogP contribution in [0, 0.1) is 0 Å². The molecule has 3 rings (SSSR count). The quantitative estimate of drug-likeness (QED) is 0.854. The highest BCUT2D eigenvalue weighted by atomic mass is 16.5. The van der Waals surface area contributed by atoms with Gasteiger partial charge >= 0.3 is 6.09 Å². The van der Waals surface area contributed by atoms with Crippen molar-refractivity contribution in [3.8, 4) is 0 Å². The van der Waals surface area contributed by atoms with Crippen LogP contribution in [-0.4, -0.2) is 57.4 Å². The van der Waals surface area contributed by atoms with Crippen molar-refractivity contribution >= 4 is 17.5 Å². The molecule has 2 aliphatic heterocycles. The molecule has 5 nitrogen and oxygen atoms in total. The van der Waals surface area contributed by atoms with Gasteiger partial charge in [-0.1, -0.05) is 12.1 Å². The van der Waals surface area contributed by atoms with E-state index in [1.165, 1.54) is 33.0 Å². The molecule has 0 unspecified atom stereocenters. The van der Waals surface area contributed by atoms with Crippen molar-refractivity contribution in [1.82, 2.24) is 4.90 Å². The van der Waals surface area contributed by atoms with E-state index in [4.69, 9.17) is 4.74 Å². The topological polar surface area (TPSA) is 36.0 Å². The van der Waals surface area contributed by atoms with Gasteiger partial charge in [-0.05, 0) is 38.1 Å². The minimum absolute atomic E-state index is 0.276. The van der Waals surface area contributed by atoms with Gasteiger partial charge in [0.2, 0.25) is 0 Å². The Bertz CT molecular complexity index is 500. The fourth-order valence-electron chi connectivity index (χ4n) is 3.22. The van der Waals surface area contributed by atoms with Crippen LogP contribution in [0.25, 0.3) is 0 Å². The maximum atomic E-state index is 11.9. The normalized spacial score (nSPS) is 18.7. The van der Waals surface area contributed by atoms with Crippen molar-refractivity contribution in [2.75, 3.05) is 56.2 Å². The second-order valence-corrected chi connectivity index (χ2v) is 5.65. The molecule has 0 atom stereocenters. The van der Waals surface area contributed by atoms with Crippen molar-refractivity contribution in [2.45, 2.75) is 12.8 Å². The molecule has 2 heterocycles. The Morgan fingerprint density at radius 2 is 1.76 bits per heavy atom. The number of nitrogens with zero attached hydrogens (tertiary/aromatic N) is 3. The molecule has 1 aromatic rings. The molecule has 0 aromatic heterocycles. The van der Waals surface area contributed by atoms with Crippen molar-refractivity contribution in [3.05, 3.63) is 24.3 Å².